The van der Waals surface area contributed by atoms with E-state index in [2.05, 4.69) is 25.2 Å². The molecule has 28 heavy (non-hydrogen) atoms. The summed E-state index contributed by atoms with van der Waals surface area (Å²) in [4.78, 5) is 22.7. The third-order valence-corrected chi connectivity index (χ3v) is 4.19. The summed E-state index contributed by atoms with van der Waals surface area (Å²) in [5.74, 6) is 1.87. The number of nitro benzene ring substituents is 1. The Kier molecular flexibility index (Phi) is 7.96. The fourth-order valence-corrected chi connectivity index (χ4v) is 2.81. The van der Waals surface area contributed by atoms with Gasteiger partial charge in [-0.15, -0.1) is 10.2 Å². The maximum absolute atomic E-state index is 10.7. The molecular formula is C16H14N7O3PrS-. The third kappa shape index (κ3) is 5.76. The number of nitrogens with zero attached hydrogens (tertiary/aromatic N) is 6. The number of non-ortho nitro benzene ring substituents is 1. The smallest absolute Gasteiger partial charge is 0.277 e. The van der Waals surface area contributed by atoms with Crippen molar-refractivity contribution in [2.24, 2.45) is 4.99 Å². The van der Waals surface area contributed by atoms with Gasteiger partial charge in [-0.3, -0.25) is 10.1 Å². The van der Waals surface area contributed by atoms with Crippen LogP contribution in [-0.4, -0.2) is 30.9 Å². The van der Waals surface area contributed by atoms with Crippen LogP contribution in [0.25, 0.3) is 17.2 Å². The van der Waals surface area contributed by atoms with Gasteiger partial charge in [0.1, 0.15) is 5.82 Å². The van der Waals surface area contributed by atoms with Crippen LogP contribution in [0.2, 0.25) is 0 Å². The van der Waals surface area contributed by atoms with Crippen molar-refractivity contribution in [2.75, 3.05) is 0 Å². The molecule has 1 N–H and O–H groups in total. The van der Waals surface area contributed by atoms with Gasteiger partial charge in [-0.2, -0.15) is 0 Å². The topological polar surface area (TPSA) is 144 Å². The fraction of sp³-hybridized carbons (Fsp3) is 0.188. The van der Waals surface area contributed by atoms with Crippen LogP contribution in [0.15, 0.2) is 45.1 Å². The predicted octanol–water partition coefficient (Wildman–Crippen LogP) is 4.14. The minimum absolute atomic E-state index is 0. The summed E-state index contributed by atoms with van der Waals surface area (Å²) in [5.41, 5.74) is 8.84. The molecule has 2 aromatic heterocycles. The Balaban J connectivity index is 0.00000280. The number of aliphatic imine (C=N–C) groups is 1. The number of rotatable bonds is 6. The number of nitrogens with one attached hydrogen (secondary N) is 1. The first-order chi connectivity index (χ1) is 12.9. The number of nitro groups is 1. The van der Waals surface area contributed by atoms with Gasteiger partial charge in [-0.05, 0) is 26.0 Å². The summed E-state index contributed by atoms with van der Waals surface area (Å²) in [5, 5.41) is 19.0. The summed E-state index contributed by atoms with van der Waals surface area (Å²) >= 11 is 1.29. The summed E-state index contributed by atoms with van der Waals surface area (Å²) in [6.07, 6.45) is 1.66. The Morgan fingerprint density at radius 3 is 2.68 bits per heavy atom. The molecule has 0 fully saturated rings. The summed E-state index contributed by atoms with van der Waals surface area (Å²) in [6.45, 7) is 3.33. The molecule has 0 unspecified atom stereocenters. The molecule has 0 atom stereocenters. The number of thioether (sulfide) groups is 1. The second kappa shape index (κ2) is 9.99. The Morgan fingerprint density at radius 2 is 2.04 bits per heavy atom. The van der Waals surface area contributed by atoms with E-state index in [-0.39, 0.29) is 58.7 Å². The number of hydrogen-bond acceptors (Lipinski definition) is 9. The molecule has 3 rings (SSSR count). The fourth-order valence-electron chi connectivity index (χ4n) is 2.09. The summed E-state index contributed by atoms with van der Waals surface area (Å²) < 4.78 is 5.59. The van der Waals surface area contributed by atoms with E-state index in [1.807, 2.05) is 0 Å². The van der Waals surface area contributed by atoms with Gasteiger partial charge in [0.2, 0.25) is 5.89 Å². The van der Waals surface area contributed by atoms with Crippen LogP contribution in [-0.2, 0) is 5.75 Å². The van der Waals surface area contributed by atoms with Crippen LogP contribution in [0, 0.1) is 58.3 Å². The summed E-state index contributed by atoms with van der Waals surface area (Å²) in [6, 6.07) is 5.86. The van der Waals surface area contributed by atoms with Crippen LogP contribution in [0.5, 0.6) is 0 Å². The first-order valence-corrected chi connectivity index (χ1v) is 8.71. The molecule has 1 aromatic carbocycles. The minimum atomic E-state index is -0.471. The molecular weight excluding hydrogens is 511 g/mol. The maximum atomic E-state index is 10.7. The minimum Gasteiger partial charge on any atom is -0.486 e. The molecule has 0 saturated carbocycles. The van der Waals surface area contributed by atoms with Gasteiger partial charge < -0.3 is 15.1 Å². The van der Waals surface area contributed by atoms with Crippen LogP contribution in [0.1, 0.15) is 18.3 Å². The molecule has 0 spiro atoms. The van der Waals surface area contributed by atoms with Crippen molar-refractivity contribution in [2.45, 2.75) is 24.8 Å². The van der Waals surface area contributed by atoms with Crippen LogP contribution >= 0.6 is 11.8 Å². The van der Waals surface area contributed by atoms with Gasteiger partial charge in [0.25, 0.3) is 10.9 Å². The van der Waals surface area contributed by atoms with E-state index in [4.69, 9.17) is 10.2 Å². The number of hydrogen-bond donors (Lipinski definition) is 0. The first kappa shape index (κ1) is 22.3. The summed E-state index contributed by atoms with van der Waals surface area (Å²) in [7, 11) is 0. The van der Waals surface area contributed by atoms with E-state index in [9.17, 15) is 10.1 Å². The molecule has 0 aliphatic heterocycles. The van der Waals surface area contributed by atoms with E-state index >= 15 is 0 Å². The van der Waals surface area contributed by atoms with Gasteiger partial charge in [-0.25, -0.2) is 9.97 Å². The third-order valence-electron chi connectivity index (χ3n) is 3.32. The second-order valence-electron chi connectivity index (χ2n) is 5.43. The van der Waals surface area contributed by atoms with Crippen molar-refractivity contribution in [3.05, 3.63) is 57.7 Å². The number of aromatic nitrogens is 4. The molecule has 0 aliphatic carbocycles. The normalized spacial score (nSPS) is 11.1. The first-order valence-electron chi connectivity index (χ1n) is 7.73. The van der Waals surface area contributed by atoms with Crippen LogP contribution in [0.3, 0.4) is 0 Å². The number of aryl methyl sites for hydroxylation is 1. The van der Waals surface area contributed by atoms with Gasteiger partial charge in [0.05, 0.1) is 10.7 Å². The van der Waals surface area contributed by atoms with E-state index < -0.39 is 4.92 Å². The van der Waals surface area contributed by atoms with Crippen LogP contribution in [0.4, 0.5) is 11.5 Å². The van der Waals surface area contributed by atoms with Gasteiger partial charge in [-0.1, -0.05) is 17.6 Å². The van der Waals surface area contributed by atoms with Crippen molar-refractivity contribution in [1.82, 2.24) is 20.2 Å². The molecule has 0 amide bonds. The van der Waals surface area contributed by atoms with E-state index in [1.165, 1.54) is 23.9 Å². The average molecular weight is 525 g/mol. The zero-order valence-corrected chi connectivity index (χ0v) is 19.5. The second-order valence-corrected chi connectivity index (χ2v) is 6.36. The zero-order valence-electron chi connectivity index (χ0n) is 15.0. The molecule has 10 nitrogen and oxygen atoms in total. The van der Waals surface area contributed by atoms with Gasteiger partial charge in [0.15, 0.2) is 0 Å². The van der Waals surface area contributed by atoms with Crippen molar-refractivity contribution >= 4 is 29.1 Å². The van der Waals surface area contributed by atoms with Gasteiger partial charge in [0, 0.05) is 76.5 Å². The Labute approximate surface area is 197 Å². The number of amidine groups is 1. The van der Waals surface area contributed by atoms with Crippen molar-refractivity contribution in [1.29, 1.82) is 0 Å². The molecule has 2 heterocycles. The molecule has 0 saturated heterocycles. The Bertz CT molecular complexity index is 1000. The molecule has 3 aromatic rings. The predicted molar refractivity (Wildman–Crippen MR) is 99.8 cm³/mol. The molecule has 141 valence electrons. The maximum Gasteiger partial charge on any atom is 0.277 e. The van der Waals surface area contributed by atoms with E-state index in [1.54, 1.807) is 32.2 Å². The Hall–Kier alpha value is -1.98. The Morgan fingerprint density at radius 1 is 1.32 bits per heavy atom. The molecule has 0 bridgehead atoms. The van der Waals surface area contributed by atoms with Crippen LogP contribution < -0.4 is 0 Å². The number of benzene rings is 1. The van der Waals surface area contributed by atoms with E-state index in [0.29, 0.717) is 28.2 Å². The standard InChI is InChI=1S/C16H14N7O3S.Pr/c1-9(17)19-14-12(7-18-10(2)20-14)8-27-16-22-21-15(26-16)11-3-5-13(6-4-11)23(24)25;/h3-7H,8H2,1-2H3,(H-,17,18,19,20);/q-1;. The van der Waals surface area contributed by atoms with Crippen molar-refractivity contribution < 1.29 is 50.6 Å². The zero-order chi connectivity index (χ0) is 19.4. The average Bonchev–Trinajstić information content (AvgIpc) is 3.09. The monoisotopic (exact) mass is 525 g/mol. The van der Waals surface area contributed by atoms with Crippen molar-refractivity contribution in [3.8, 4) is 11.5 Å². The molecule has 0 aliphatic rings. The molecule has 1 radical (unpaired) electrons. The molecule has 12 heteroatoms. The quantitative estimate of drug-likeness (QED) is 0.154. The largest absolute Gasteiger partial charge is 0.486 e. The van der Waals surface area contributed by atoms with Gasteiger partial charge >= 0.3 is 0 Å². The van der Waals surface area contributed by atoms with Crippen molar-refractivity contribution in [3.63, 3.8) is 0 Å². The SMILES string of the molecule is CC([NH-])=Nc1nc(C)ncc1CSc1nnc(-c2ccc([N+](=O)[O-])cc2)o1.[Pr]. The van der Waals surface area contributed by atoms with E-state index in [0.717, 1.165) is 5.56 Å².